The lowest BCUT2D eigenvalue weighted by atomic mass is 9.80. The fourth-order valence-electron chi connectivity index (χ4n) is 6.72. The van der Waals surface area contributed by atoms with Gasteiger partial charge in [-0.1, -0.05) is 157 Å². The summed E-state index contributed by atoms with van der Waals surface area (Å²) in [5.41, 5.74) is 1.89. The van der Waals surface area contributed by atoms with Gasteiger partial charge in [0.15, 0.2) is 0 Å². The SMILES string of the molecule is CCCCCCCC/C=C\CCCCCCCCCCCCOCC(O)COC(c1ccccc1)(c1ccc(OC)cc1)c1ccc(OC)cc1. The minimum absolute atomic E-state index is 0.114. The van der Waals surface area contributed by atoms with Crippen LogP contribution in [0.15, 0.2) is 91.0 Å². The smallest absolute Gasteiger partial charge is 0.143 e. The van der Waals surface area contributed by atoms with Crippen molar-refractivity contribution in [3.8, 4) is 11.5 Å². The molecule has 3 rings (SSSR count). The van der Waals surface area contributed by atoms with Crippen LogP contribution in [-0.4, -0.2) is 45.3 Å². The average molecular weight is 701 g/mol. The van der Waals surface area contributed by atoms with Crippen LogP contribution >= 0.6 is 0 Å². The summed E-state index contributed by atoms with van der Waals surface area (Å²) in [5.74, 6) is 1.54. The quantitative estimate of drug-likeness (QED) is 0.0426. The van der Waals surface area contributed by atoms with Gasteiger partial charge in [0.2, 0.25) is 0 Å². The number of allylic oxidation sites excluding steroid dienone is 2. The molecular formula is C46H68O5. The Kier molecular flexibility index (Phi) is 22.1. The zero-order valence-corrected chi connectivity index (χ0v) is 32.2. The number of aliphatic hydroxyl groups is 1. The number of aliphatic hydroxyl groups excluding tert-OH is 1. The molecule has 0 spiro atoms. The van der Waals surface area contributed by atoms with Crippen molar-refractivity contribution < 1.29 is 24.1 Å². The topological polar surface area (TPSA) is 57.2 Å². The zero-order chi connectivity index (χ0) is 36.2. The van der Waals surface area contributed by atoms with E-state index in [1.165, 1.54) is 109 Å². The Morgan fingerprint density at radius 3 is 1.43 bits per heavy atom. The monoisotopic (exact) mass is 701 g/mol. The highest BCUT2D eigenvalue weighted by Gasteiger charge is 2.38. The molecule has 0 saturated heterocycles. The van der Waals surface area contributed by atoms with E-state index in [4.69, 9.17) is 18.9 Å². The van der Waals surface area contributed by atoms with Crippen molar-refractivity contribution in [2.75, 3.05) is 34.0 Å². The molecule has 0 fully saturated rings. The van der Waals surface area contributed by atoms with E-state index in [0.717, 1.165) is 34.6 Å². The molecule has 3 aromatic carbocycles. The molecule has 0 saturated carbocycles. The maximum Gasteiger partial charge on any atom is 0.143 e. The van der Waals surface area contributed by atoms with Crippen LogP contribution in [0.4, 0.5) is 0 Å². The van der Waals surface area contributed by atoms with Gasteiger partial charge in [-0.15, -0.1) is 0 Å². The van der Waals surface area contributed by atoms with Crippen LogP contribution < -0.4 is 9.47 Å². The second kappa shape index (κ2) is 26.6. The molecule has 0 aliphatic rings. The lowest BCUT2D eigenvalue weighted by Gasteiger charge is -2.36. The fraction of sp³-hybridized carbons (Fsp3) is 0.565. The van der Waals surface area contributed by atoms with Gasteiger partial charge < -0.3 is 24.1 Å². The van der Waals surface area contributed by atoms with E-state index < -0.39 is 11.7 Å². The largest absolute Gasteiger partial charge is 0.497 e. The normalized spacial score (nSPS) is 12.4. The van der Waals surface area contributed by atoms with Gasteiger partial charge in [-0.25, -0.2) is 0 Å². The van der Waals surface area contributed by atoms with Gasteiger partial charge in [0.25, 0.3) is 0 Å². The second-order valence-electron chi connectivity index (χ2n) is 13.9. The number of rotatable bonds is 30. The highest BCUT2D eigenvalue weighted by molar-refractivity contribution is 5.49. The Morgan fingerprint density at radius 1 is 0.529 bits per heavy atom. The zero-order valence-electron chi connectivity index (χ0n) is 32.2. The summed E-state index contributed by atoms with van der Waals surface area (Å²) in [4.78, 5) is 0. The Bertz CT molecular complexity index is 1220. The van der Waals surface area contributed by atoms with Gasteiger partial charge in [0, 0.05) is 6.61 Å². The first kappa shape index (κ1) is 42.3. The summed E-state index contributed by atoms with van der Waals surface area (Å²) >= 11 is 0. The van der Waals surface area contributed by atoms with Crippen LogP contribution in [0.1, 0.15) is 139 Å². The number of unbranched alkanes of at least 4 members (excludes halogenated alkanes) is 16. The molecule has 0 amide bonds. The first-order valence-corrected chi connectivity index (χ1v) is 20.0. The summed E-state index contributed by atoms with van der Waals surface area (Å²) in [7, 11) is 3.33. The van der Waals surface area contributed by atoms with E-state index in [9.17, 15) is 5.11 Å². The van der Waals surface area contributed by atoms with Crippen LogP contribution in [0.5, 0.6) is 11.5 Å². The van der Waals surface area contributed by atoms with Crippen molar-refractivity contribution in [2.45, 2.75) is 134 Å². The van der Waals surface area contributed by atoms with Gasteiger partial charge in [-0.2, -0.15) is 0 Å². The average Bonchev–Trinajstić information content (AvgIpc) is 3.18. The highest BCUT2D eigenvalue weighted by atomic mass is 16.5. The van der Waals surface area contributed by atoms with Crippen molar-refractivity contribution >= 4 is 0 Å². The first-order chi connectivity index (χ1) is 25.1. The van der Waals surface area contributed by atoms with E-state index in [-0.39, 0.29) is 13.2 Å². The third-order valence-corrected chi connectivity index (χ3v) is 9.78. The van der Waals surface area contributed by atoms with E-state index in [0.29, 0.717) is 6.61 Å². The van der Waals surface area contributed by atoms with Crippen molar-refractivity contribution in [1.82, 2.24) is 0 Å². The third-order valence-electron chi connectivity index (χ3n) is 9.78. The number of methoxy groups -OCH3 is 2. The maximum atomic E-state index is 11.0. The van der Waals surface area contributed by atoms with Crippen LogP contribution in [0.25, 0.3) is 0 Å². The molecule has 5 nitrogen and oxygen atoms in total. The molecule has 1 unspecified atom stereocenters. The molecule has 51 heavy (non-hydrogen) atoms. The number of benzene rings is 3. The molecule has 0 aromatic heterocycles. The van der Waals surface area contributed by atoms with E-state index in [2.05, 4.69) is 31.2 Å². The lowest BCUT2D eigenvalue weighted by Crippen LogP contribution is -2.36. The van der Waals surface area contributed by atoms with E-state index >= 15 is 0 Å². The van der Waals surface area contributed by atoms with Crippen molar-refractivity contribution in [1.29, 1.82) is 0 Å². The van der Waals surface area contributed by atoms with Crippen LogP contribution in [0, 0.1) is 0 Å². The summed E-state index contributed by atoms with van der Waals surface area (Å²) in [6.07, 6.45) is 27.8. The molecule has 0 heterocycles. The molecule has 282 valence electrons. The minimum atomic E-state index is -0.954. The van der Waals surface area contributed by atoms with Crippen LogP contribution in [-0.2, 0) is 15.1 Å². The highest BCUT2D eigenvalue weighted by Crippen LogP contribution is 2.41. The molecule has 0 aliphatic heterocycles. The van der Waals surface area contributed by atoms with E-state index in [1.807, 2.05) is 66.7 Å². The lowest BCUT2D eigenvalue weighted by molar-refractivity contribution is -0.0641. The summed E-state index contributed by atoms with van der Waals surface area (Å²) in [6, 6.07) is 26.0. The van der Waals surface area contributed by atoms with Crippen LogP contribution in [0.3, 0.4) is 0 Å². The van der Waals surface area contributed by atoms with E-state index in [1.54, 1.807) is 14.2 Å². The minimum Gasteiger partial charge on any atom is -0.497 e. The number of hydrogen-bond acceptors (Lipinski definition) is 5. The van der Waals surface area contributed by atoms with Gasteiger partial charge >= 0.3 is 0 Å². The maximum absolute atomic E-state index is 11.0. The molecule has 1 N–H and O–H groups in total. The summed E-state index contributed by atoms with van der Waals surface area (Å²) in [6.45, 7) is 3.29. The molecule has 0 radical (unpaired) electrons. The Hall–Kier alpha value is -3.12. The molecular weight excluding hydrogens is 633 g/mol. The van der Waals surface area contributed by atoms with Gasteiger partial charge in [0.1, 0.15) is 23.2 Å². The molecule has 0 aliphatic carbocycles. The Morgan fingerprint density at radius 2 is 0.961 bits per heavy atom. The Labute approximate surface area is 310 Å². The predicted octanol–water partition coefficient (Wildman–Crippen LogP) is 12.0. The second-order valence-corrected chi connectivity index (χ2v) is 13.9. The standard InChI is InChI=1S/C46H68O5/c1-4-5-6-7-8-9-10-11-12-13-14-15-16-17-18-19-20-21-22-26-37-50-38-43(47)39-51-46(40-27-24-23-25-28-40,41-29-33-44(48-2)34-30-41)42-31-35-45(49-3)36-32-42/h11-12,23-25,27-36,43,47H,4-10,13-22,26,37-39H2,1-3H3/b12-11-. The first-order valence-electron chi connectivity index (χ1n) is 20.0. The van der Waals surface area contributed by atoms with Crippen LogP contribution in [0.2, 0.25) is 0 Å². The third kappa shape index (κ3) is 16.0. The number of hydrogen-bond donors (Lipinski definition) is 1. The van der Waals surface area contributed by atoms with Crippen molar-refractivity contribution in [2.24, 2.45) is 0 Å². The van der Waals surface area contributed by atoms with Gasteiger partial charge in [0.05, 0.1) is 27.4 Å². The fourth-order valence-corrected chi connectivity index (χ4v) is 6.72. The Balaban J connectivity index is 1.31. The van der Waals surface area contributed by atoms with Crippen molar-refractivity contribution in [3.05, 3.63) is 108 Å². The molecule has 1 atom stereocenters. The summed E-state index contributed by atoms with van der Waals surface area (Å²) in [5, 5.41) is 11.0. The van der Waals surface area contributed by atoms with Gasteiger partial charge in [-0.3, -0.25) is 0 Å². The summed E-state index contributed by atoms with van der Waals surface area (Å²) < 4.78 is 23.6. The predicted molar refractivity (Wildman–Crippen MR) is 213 cm³/mol. The van der Waals surface area contributed by atoms with Crippen molar-refractivity contribution in [3.63, 3.8) is 0 Å². The van der Waals surface area contributed by atoms with Gasteiger partial charge in [-0.05, 0) is 73.1 Å². The number of ether oxygens (including phenoxy) is 4. The molecule has 5 heteroatoms. The molecule has 0 bridgehead atoms. The molecule has 3 aromatic rings.